The highest BCUT2D eigenvalue weighted by molar-refractivity contribution is 5.61. The molecule has 0 fully saturated rings. The van der Waals surface area contributed by atoms with E-state index in [9.17, 15) is 0 Å². The zero-order chi connectivity index (χ0) is 14.8. The molecule has 8 nitrogen and oxygen atoms in total. The minimum Gasteiger partial charge on any atom is -0.492 e. The van der Waals surface area contributed by atoms with Crippen LogP contribution in [0.1, 0.15) is 0 Å². The molecule has 0 aliphatic carbocycles. The molecule has 0 atom stereocenters. The molecule has 8 heteroatoms. The number of anilines is 1. The van der Waals surface area contributed by atoms with E-state index in [4.69, 9.17) is 14.2 Å². The molecule has 0 saturated heterocycles. The van der Waals surface area contributed by atoms with E-state index in [2.05, 4.69) is 20.5 Å². The van der Waals surface area contributed by atoms with E-state index in [-0.39, 0.29) is 6.79 Å². The number of rotatable bonds is 5. The van der Waals surface area contributed by atoms with Crippen molar-refractivity contribution in [3.8, 4) is 17.2 Å². The van der Waals surface area contributed by atoms with Crippen LogP contribution in [-0.4, -0.2) is 39.5 Å². The van der Waals surface area contributed by atoms with Gasteiger partial charge in [0.05, 0.1) is 6.54 Å². The summed E-state index contributed by atoms with van der Waals surface area (Å²) in [6.07, 6.45) is 5.12. The Morgan fingerprint density at radius 3 is 3.23 bits per heavy atom. The third-order valence-electron chi connectivity index (χ3n) is 3.22. The predicted molar refractivity (Wildman–Crippen MR) is 77.3 cm³/mol. The lowest BCUT2D eigenvalue weighted by Gasteiger charge is -2.08. The molecule has 0 amide bonds. The van der Waals surface area contributed by atoms with E-state index in [0.29, 0.717) is 30.4 Å². The van der Waals surface area contributed by atoms with Crippen LogP contribution in [0.25, 0.3) is 5.65 Å². The number of ether oxygens (including phenoxy) is 3. The van der Waals surface area contributed by atoms with E-state index in [1.54, 1.807) is 23.1 Å². The summed E-state index contributed by atoms with van der Waals surface area (Å²) in [6.45, 7) is 1.33. The molecule has 0 bridgehead atoms. The van der Waals surface area contributed by atoms with Gasteiger partial charge in [0.15, 0.2) is 17.3 Å². The number of hydrogen-bond donors (Lipinski definition) is 1. The smallest absolute Gasteiger partial charge is 0.231 e. The molecule has 112 valence electrons. The summed E-state index contributed by atoms with van der Waals surface area (Å²) in [5.41, 5.74) is 0.686. The van der Waals surface area contributed by atoms with Crippen LogP contribution in [0.4, 0.5) is 5.82 Å². The maximum absolute atomic E-state index is 5.68. The lowest BCUT2D eigenvalue weighted by Crippen LogP contribution is -2.13. The fraction of sp³-hybridized carbons (Fsp3) is 0.214. The van der Waals surface area contributed by atoms with Crippen LogP contribution in [0, 0.1) is 0 Å². The van der Waals surface area contributed by atoms with Crippen molar-refractivity contribution in [2.75, 3.05) is 25.3 Å². The summed E-state index contributed by atoms with van der Waals surface area (Å²) >= 11 is 0. The van der Waals surface area contributed by atoms with Gasteiger partial charge in [-0.1, -0.05) is 0 Å². The van der Waals surface area contributed by atoms with Crippen LogP contribution < -0.4 is 19.5 Å². The monoisotopic (exact) mass is 299 g/mol. The first-order valence-corrected chi connectivity index (χ1v) is 6.81. The SMILES string of the molecule is c1cn2cnnc2c(NCCOc2ccc3c(c2)OCO3)n1. The summed E-state index contributed by atoms with van der Waals surface area (Å²) in [5, 5.41) is 11.0. The van der Waals surface area contributed by atoms with E-state index in [1.807, 2.05) is 18.2 Å². The van der Waals surface area contributed by atoms with Gasteiger partial charge in [0.1, 0.15) is 18.7 Å². The van der Waals surface area contributed by atoms with Crippen LogP contribution in [0.2, 0.25) is 0 Å². The highest BCUT2D eigenvalue weighted by Crippen LogP contribution is 2.34. The molecule has 1 aromatic carbocycles. The van der Waals surface area contributed by atoms with Gasteiger partial charge in [-0.05, 0) is 12.1 Å². The van der Waals surface area contributed by atoms with Gasteiger partial charge in [0.25, 0.3) is 0 Å². The van der Waals surface area contributed by atoms with E-state index < -0.39 is 0 Å². The van der Waals surface area contributed by atoms with Crippen molar-refractivity contribution >= 4 is 11.5 Å². The molecule has 3 aromatic rings. The van der Waals surface area contributed by atoms with Crippen LogP contribution >= 0.6 is 0 Å². The zero-order valence-corrected chi connectivity index (χ0v) is 11.6. The Morgan fingerprint density at radius 2 is 2.23 bits per heavy atom. The van der Waals surface area contributed by atoms with Crippen LogP contribution in [-0.2, 0) is 0 Å². The lowest BCUT2D eigenvalue weighted by molar-refractivity contribution is 0.174. The fourth-order valence-corrected chi connectivity index (χ4v) is 2.19. The number of nitrogens with one attached hydrogen (secondary N) is 1. The summed E-state index contributed by atoms with van der Waals surface area (Å²) in [4.78, 5) is 4.24. The normalized spacial score (nSPS) is 12.5. The maximum Gasteiger partial charge on any atom is 0.231 e. The lowest BCUT2D eigenvalue weighted by atomic mass is 10.3. The van der Waals surface area contributed by atoms with Crippen LogP contribution in [0.5, 0.6) is 17.2 Å². The Kier molecular flexibility index (Phi) is 3.11. The standard InChI is InChI=1S/C14H13N5O3/c1-2-11-12(22-9-21-11)7-10(1)20-6-4-16-13-14-18-17-8-19(14)5-3-15-13/h1-3,5,7-8H,4,6,9H2,(H,15,16). The Labute approximate surface area is 125 Å². The van der Waals surface area contributed by atoms with Crippen molar-refractivity contribution in [1.82, 2.24) is 19.6 Å². The maximum atomic E-state index is 5.68. The molecule has 22 heavy (non-hydrogen) atoms. The Hall–Kier alpha value is -3.03. The average molecular weight is 299 g/mol. The first kappa shape index (κ1) is 12.7. The van der Waals surface area contributed by atoms with Crippen molar-refractivity contribution in [2.24, 2.45) is 0 Å². The van der Waals surface area contributed by atoms with Crippen molar-refractivity contribution in [2.45, 2.75) is 0 Å². The van der Waals surface area contributed by atoms with Crippen molar-refractivity contribution in [3.63, 3.8) is 0 Å². The second-order valence-electron chi connectivity index (χ2n) is 4.63. The minimum atomic E-state index is 0.258. The second-order valence-corrected chi connectivity index (χ2v) is 4.63. The highest BCUT2D eigenvalue weighted by atomic mass is 16.7. The molecule has 2 aromatic heterocycles. The molecule has 1 N–H and O–H groups in total. The summed E-state index contributed by atoms with van der Waals surface area (Å²) in [6, 6.07) is 5.51. The third kappa shape index (κ3) is 2.34. The quantitative estimate of drug-likeness (QED) is 0.712. The fourth-order valence-electron chi connectivity index (χ4n) is 2.19. The first-order chi connectivity index (χ1) is 10.9. The van der Waals surface area contributed by atoms with Crippen molar-refractivity contribution in [1.29, 1.82) is 0 Å². The topological polar surface area (TPSA) is 82.8 Å². The van der Waals surface area contributed by atoms with Gasteiger partial charge < -0.3 is 19.5 Å². The van der Waals surface area contributed by atoms with Crippen LogP contribution in [0.15, 0.2) is 36.9 Å². The van der Waals surface area contributed by atoms with E-state index in [0.717, 1.165) is 11.5 Å². The first-order valence-electron chi connectivity index (χ1n) is 6.81. The third-order valence-corrected chi connectivity index (χ3v) is 3.22. The molecule has 1 aliphatic rings. The van der Waals surface area contributed by atoms with E-state index in [1.165, 1.54) is 0 Å². The Balaban J connectivity index is 1.35. The number of aromatic nitrogens is 4. The van der Waals surface area contributed by atoms with Gasteiger partial charge in [-0.3, -0.25) is 4.40 Å². The van der Waals surface area contributed by atoms with Gasteiger partial charge in [0.2, 0.25) is 12.4 Å². The highest BCUT2D eigenvalue weighted by Gasteiger charge is 2.13. The number of benzene rings is 1. The molecule has 0 saturated carbocycles. The van der Waals surface area contributed by atoms with Crippen LogP contribution in [0.3, 0.4) is 0 Å². The Bertz CT molecular complexity index is 804. The van der Waals surface area contributed by atoms with Gasteiger partial charge in [-0.2, -0.15) is 0 Å². The number of fused-ring (bicyclic) bond motifs is 2. The molecule has 0 radical (unpaired) electrons. The van der Waals surface area contributed by atoms with Gasteiger partial charge >= 0.3 is 0 Å². The minimum absolute atomic E-state index is 0.258. The number of nitrogens with zero attached hydrogens (tertiary/aromatic N) is 4. The zero-order valence-electron chi connectivity index (χ0n) is 11.6. The second kappa shape index (κ2) is 5.40. The predicted octanol–water partition coefficient (Wildman–Crippen LogP) is 1.34. The van der Waals surface area contributed by atoms with Gasteiger partial charge in [-0.25, -0.2) is 4.98 Å². The summed E-state index contributed by atoms with van der Waals surface area (Å²) < 4.78 is 18.0. The molecule has 3 heterocycles. The molecule has 4 rings (SSSR count). The Morgan fingerprint density at radius 1 is 1.27 bits per heavy atom. The van der Waals surface area contributed by atoms with Crippen molar-refractivity contribution < 1.29 is 14.2 Å². The molecular formula is C14H13N5O3. The summed E-state index contributed by atoms with van der Waals surface area (Å²) in [5.74, 6) is 2.86. The largest absolute Gasteiger partial charge is 0.492 e. The summed E-state index contributed by atoms with van der Waals surface area (Å²) in [7, 11) is 0. The van der Waals surface area contributed by atoms with E-state index >= 15 is 0 Å². The number of hydrogen-bond acceptors (Lipinski definition) is 7. The molecule has 0 spiro atoms. The molecule has 0 unspecified atom stereocenters. The van der Waals surface area contributed by atoms with Crippen molar-refractivity contribution in [3.05, 3.63) is 36.9 Å². The van der Waals surface area contributed by atoms with Gasteiger partial charge in [-0.15, -0.1) is 10.2 Å². The average Bonchev–Trinajstić information content (AvgIpc) is 3.19. The van der Waals surface area contributed by atoms with Gasteiger partial charge in [0, 0.05) is 18.5 Å². The molecule has 1 aliphatic heterocycles. The molecular weight excluding hydrogens is 286 g/mol.